The average molecular weight is 752 g/mol. The van der Waals surface area contributed by atoms with Crippen molar-refractivity contribution in [2.45, 2.75) is 72.8 Å². The minimum absolute atomic E-state index is 0.189. The van der Waals surface area contributed by atoms with Gasteiger partial charge >= 0.3 is 0 Å². The van der Waals surface area contributed by atoms with Gasteiger partial charge in [-0.3, -0.25) is 4.90 Å². The van der Waals surface area contributed by atoms with Crippen molar-refractivity contribution in [3.05, 3.63) is 175 Å². The number of ether oxygens (including phenoxy) is 1. The van der Waals surface area contributed by atoms with Crippen LogP contribution >= 0.6 is 0 Å². The van der Waals surface area contributed by atoms with Crippen LogP contribution in [0.3, 0.4) is 0 Å². The van der Waals surface area contributed by atoms with Gasteiger partial charge in [-0.15, -0.1) is 25.2 Å². The Morgan fingerprint density at radius 3 is 2.22 bits per heavy atom. The van der Waals surface area contributed by atoms with Gasteiger partial charge in [0.15, 0.2) is 5.88 Å². The van der Waals surface area contributed by atoms with E-state index >= 15 is 0 Å². The molecule has 0 saturated carbocycles. The molecule has 0 aromatic carbocycles. The molecule has 7 heteroatoms. The van der Waals surface area contributed by atoms with Crippen molar-refractivity contribution in [2.24, 2.45) is 5.92 Å². The van der Waals surface area contributed by atoms with Gasteiger partial charge in [-0.1, -0.05) is 69.7 Å². The van der Waals surface area contributed by atoms with Crippen molar-refractivity contribution in [1.82, 2.24) is 26.2 Å². The molecule has 0 spiro atoms. The largest absolute Gasteiger partial charge is 0.482 e. The zero-order valence-electron chi connectivity index (χ0n) is 35.3. The van der Waals surface area contributed by atoms with Crippen molar-refractivity contribution in [1.29, 1.82) is 0 Å². The molecule has 0 fully saturated rings. The third kappa shape index (κ3) is 21.8. The standard InChI is InChI=1S/C44H61FN4O.C2H7N.C2H2/c1-15-19-40(23-24-41(45)25-26-46-44-28-34(8)37(44)11)30-47-38(12)35(9)27-43(49(32(5)6)39(13)50-14)29-36(10)48-42(20-16-2)22-18-17-21-33(7)31(3)4;1-3-2;1-2/h15-16,21,23-25,27-28,37,42,46-48H,2-3,5,8-10,12-13,17-18,20,22,26,29-30H2,1,4,6-7,11,14H3;3H,1-2H3;1-2H/b24-23-,33-21+,41-25-,43-27-;;. The molecule has 0 amide bonds. The summed E-state index contributed by atoms with van der Waals surface area (Å²) in [5.74, 6) is 0.369. The van der Waals surface area contributed by atoms with Crippen LogP contribution in [-0.2, 0) is 4.74 Å². The van der Waals surface area contributed by atoms with Gasteiger partial charge in [0, 0.05) is 65.5 Å². The van der Waals surface area contributed by atoms with Crippen molar-refractivity contribution in [3.8, 4) is 12.8 Å². The van der Waals surface area contributed by atoms with Crippen LogP contribution in [0.1, 0.15) is 66.7 Å². The number of halogens is 1. The smallest absolute Gasteiger partial charge is 0.190 e. The minimum atomic E-state index is -0.341. The summed E-state index contributed by atoms with van der Waals surface area (Å²) in [5.41, 5.74) is 12.0. The Kier molecular flexibility index (Phi) is 28.2. The van der Waals surface area contributed by atoms with Gasteiger partial charge in [-0.25, -0.2) is 4.39 Å². The summed E-state index contributed by atoms with van der Waals surface area (Å²) in [6, 6.07) is 0.189. The number of terminal acetylenes is 1. The maximum absolute atomic E-state index is 14.5. The van der Waals surface area contributed by atoms with Gasteiger partial charge in [0.2, 0.25) is 0 Å². The third-order valence-corrected chi connectivity index (χ3v) is 8.25. The molecule has 6 nitrogen and oxygen atoms in total. The molecule has 300 valence electrons. The van der Waals surface area contributed by atoms with Crippen LogP contribution in [-0.4, -0.2) is 45.2 Å². The summed E-state index contributed by atoms with van der Waals surface area (Å²) in [6.45, 7) is 43.7. The van der Waals surface area contributed by atoms with Gasteiger partial charge < -0.3 is 26.0 Å². The quantitative estimate of drug-likeness (QED) is 0.0186. The zero-order valence-corrected chi connectivity index (χ0v) is 35.3. The number of nitrogens with zero attached hydrogens (tertiary/aromatic N) is 1. The van der Waals surface area contributed by atoms with E-state index in [1.807, 2.05) is 58.0 Å². The Bertz CT molecular complexity index is 1600. The maximum Gasteiger partial charge on any atom is 0.190 e. The van der Waals surface area contributed by atoms with Crippen LogP contribution in [0, 0.1) is 18.8 Å². The first-order chi connectivity index (χ1) is 26.1. The number of nitrogens with one attached hydrogen (secondary N) is 4. The number of rotatable bonds is 25. The number of allylic oxidation sites excluding steroid dienone is 9. The lowest BCUT2D eigenvalue weighted by atomic mass is 9.87. The van der Waals surface area contributed by atoms with Crippen LogP contribution in [0.25, 0.3) is 0 Å². The highest BCUT2D eigenvalue weighted by Crippen LogP contribution is 2.28. The van der Waals surface area contributed by atoms with Crippen LogP contribution in [0.15, 0.2) is 175 Å². The number of unbranched alkanes of at least 4 members (excludes halogenated alkanes) is 1. The molecule has 0 saturated heterocycles. The molecule has 4 N–H and O–H groups in total. The second-order valence-corrected chi connectivity index (χ2v) is 13.1. The molecule has 0 heterocycles. The molecule has 2 unspecified atom stereocenters. The van der Waals surface area contributed by atoms with Crippen molar-refractivity contribution in [2.75, 3.05) is 34.3 Å². The Morgan fingerprint density at radius 2 is 1.71 bits per heavy atom. The van der Waals surface area contributed by atoms with E-state index in [9.17, 15) is 4.39 Å². The first-order valence-corrected chi connectivity index (χ1v) is 18.4. The summed E-state index contributed by atoms with van der Waals surface area (Å²) in [7, 11) is 5.32. The molecule has 1 rings (SSSR count). The highest BCUT2D eigenvalue weighted by Gasteiger charge is 2.20. The first kappa shape index (κ1) is 51.7. The average Bonchev–Trinajstić information content (AvgIpc) is 3.14. The molecule has 55 heavy (non-hydrogen) atoms. The van der Waals surface area contributed by atoms with Gasteiger partial charge in [0.1, 0.15) is 5.83 Å². The lowest BCUT2D eigenvalue weighted by Gasteiger charge is -2.30. The minimum Gasteiger partial charge on any atom is -0.482 e. The van der Waals surface area contributed by atoms with Crippen LogP contribution < -0.4 is 21.3 Å². The van der Waals surface area contributed by atoms with Gasteiger partial charge in [-0.2, -0.15) is 0 Å². The van der Waals surface area contributed by atoms with Crippen LogP contribution in [0.5, 0.6) is 0 Å². The Balaban J connectivity index is 0. The maximum atomic E-state index is 14.5. The molecule has 0 aromatic heterocycles. The predicted molar refractivity (Wildman–Crippen MR) is 240 cm³/mol. The molecular weight excluding hydrogens is 682 g/mol. The molecule has 1 aliphatic rings. The molecule has 2 atom stereocenters. The summed E-state index contributed by atoms with van der Waals surface area (Å²) in [6.07, 6.45) is 26.7. The lowest BCUT2D eigenvalue weighted by Crippen LogP contribution is -2.29. The SMILES string of the molecule is C#C.C=CCC(CCC/C=C(\C)C(=C)C)NC(=C)C/C(=C/C(=C)C(=C)NCC(=C=CC)/C=C\C(F)=C\CNC1=CC(=C)C1C)N(C(=C)C)C(=C)OC.CNC. The third-order valence-electron chi connectivity index (χ3n) is 8.25. The van der Waals surface area contributed by atoms with E-state index in [1.54, 1.807) is 19.3 Å². The van der Waals surface area contributed by atoms with E-state index in [2.05, 4.69) is 112 Å². The normalized spacial score (nSPS) is 14.1. The first-order valence-electron chi connectivity index (χ1n) is 18.4. The molecular formula is C48H70FN5O. The number of methoxy groups -OCH3 is 1. The van der Waals surface area contributed by atoms with Crippen molar-refractivity contribution in [3.63, 3.8) is 0 Å². The van der Waals surface area contributed by atoms with Gasteiger partial charge in [0.25, 0.3) is 0 Å². The topological polar surface area (TPSA) is 60.6 Å². The second kappa shape index (κ2) is 30.0. The van der Waals surface area contributed by atoms with E-state index in [4.69, 9.17) is 4.74 Å². The van der Waals surface area contributed by atoms with Crippen molar-refractivity contribution < 1.29 is 9.13 Å². The van der Waals surface area contributed by atoms with Crippen molar-refractivity contribution >= 4 is 0 Å². The summed E-state index contributed by atoms with van der Waals surface area (Å²) in [5, 5.41) is 12.9. The fourth-order valence-corrected chi connectivity index (χ4v) is 4.99. The molecule has 1 aliphatic carbocycles. The fourth-order valence-electron chi connectivity index (χ4n) is 4.99. The Hall–Kier alpha value is -5.41. The van der Waals surface area contributed by atoms with Crippen LogP contribution in [0.4, 0.5) is 4.39 Å². The van der Waals surface area contributed by atoms with E-state index in [0.717, 1.165) is 65.2 Å². The molecule has 0 radical (unpaired) electrons. The lowest BCUT2D eigenvalue weighted by molar-refractivity contribution is 0.202. The Morgan fingerprint density at radius 1 is 1.07 bits per heavy atom. The van der Waals surface area contributed by atoms with Gasteiger partial charge in [0.05, 0.1) is 7.11 Å². The van der Waals surface area contributed by atoms with E-state index in [1.165, 1.54) is 17.7 Å². The predicted octanol–water partition coefficient (Wildman–Crippen LogP) is 10.9. The number of hydrogen-bond donors (Lipinski definition) is 4. The van der Waals surface area contributed by atoms with Gasteiger partial charge in [-0.05, 0) is 122 Å². The molecule has 0 aromatic rings. The summed E-state index contributed by atoms with van der Waals surface area (Å²) >= 11 is 0. The zero-order chi connectivity index (χ0) is 42.5. The highest BCUT2D eigenvalue weighted by atomic mass is 19.1. The van der Waals surface area contributed by atoms with E-state index < -0.39 is 0 Å². The monoisotopic (exact) mass is 752 g/mol. The van der Waals surface area contributed by atoms with E-state index in [0.29, 0.717) is 42.6 Å². The molecule has 0 bridgehead atoms. The van der Waals surface area contributed by atoms with E-state index in [-0.39, 0.29) is 11.9 Å². The Labute approximate surface area is 335 Å². The number of hydrogen-bond acceptors (Lipinski definition) is 6. The fraction of sp³-hybridized carbons (Fsp3) is 0.354. The van der Waals surface area contributed by atoms with Crippen LogP contribution in [0.2, 0.25) is 0 Å². The second-order valence-electron chi connectivity index (χ2n) is 13.1. The highest BCUT2D eigenvalue weighted by molar-refractivity contribution is 5.41. The summed E-state index contributed by atoms with van der Waals surface area (Å²) < 4.78 is 20.1. The molecule has 0 aliphatic heterocycles. The summed E-state index contributed by atoms with van der Waals surface area (Å²) in [4.78, 5) is 1.84.